The molecule has 0 saturated carbocycles. The number of hydrogen-bond acceptors (Lipinski definition) is 6. The van der Waals surface area contributed by atoms with Gasteiger partial charge >= 0.3 is 0 Å². The Bertz CT molecular complexity index is 1250. The number of nitrogens with two attached hydrogens (primary N) is 1. The molecule has 0 bridgehead atoms. The minimum Gasteiger partial charge on any atom is -0.384 e. The molecule has 1 aliphatic heterocycles. The second-order valence-electron chi connectivity index (χ2n) is 8.01. The molecular weight excluding hydrogens is 461 g/mol. The van der Waals surface area contributed by atoms with Crippen LogP contribution in [0.1, 0.15) is 35.2 Å². The lowest BCUT2D eigenvalue weighted by Crippen LogP contribution is -2.35. The van der Waals surface area contributed by atoms with E-state index in [-0.39, 0.29) is 30.1 Å². The van der Waals surface area contributed by atoms with E-state index in [1.165, 1.54) is 12.3 Å². The Hall–Kier alpha value is -4.15. The topological polar surface area (TPSA) is 113 Å². The summed E-state index contributed by atoms with van der Waals surface area (Å²) in [5.74, 6) is -3.15. The first-order valence-corrected chi connectivity index (χ1v) is 11.0. The van der Waals surface area contributed by atoms with Gasteiger partial charge in [-0.25, -0.2) is 23.1 Å². The minimum atomic E-state index is -1.25. The van der Waals surface area contributed by atoms with Crippen molar-refractivity contribution in [3.8, 4) is 0 Å². The third-order valence-corrected chi connectivity index (χ3v) is 5.64. The third kappa shape index (κ3) is 5.51. The minimum absolute atomic E-state index is 0.00215. The quantitative estimate of drug-likeness (QED) is 0.418. The van der Waals surface area contributed by atoms with E-state index in [1.54, 1.807) is 23.2 Å². The SMILES string of the molecule is NC(=O)c1cnc(Nc2ccc(N3CCCCC3=O)cn2)cc1NCCc1c(F)ccc(F)c1F. The zero-order valence-corrected chi connectivity index (χ0v) is 18.7. The number of carbonyl (C=O) groups excluding carboxylic acids is 2. The number of pyridine rings is 2. The van der Waals surface area contributed by atoms with Gasteiger partial charge in [0.05, 0.1) is 23.1 Å². The molecule has 0 aliphatic carbocycles. The summed E-state index contributed by atoms with van der Waals surface area (Å²) in [6.07, 6.45) is 5.02. The van der Waals surface area contributed by atoms with E-state index < -0.39 is 28.9 Å². The predicted octanol–water partition coefficient (Wildman–Crippen LogP) is 3.91. The highest BCUT2D eigenvalue weighted by Crippen LogP contribution is 2.24. The number of aromatic nitrogens is 2. The molecule has 11 heteroatoms. The number of nitrogens with one attached hydrogen (secondary N) is 2. The summed E-state index contributed by atoms with van der Waals surface area (Å²) in [5, 5.41) is 5.90. The van der Waals surface area contributed by atoms with Gasteiger partial charge in [0.25, 0.3) is 5.91 Å². The monoisotopic (exact) mass is 484 g/mol. The molecule has 182 valence electrons. The molecule has 2 aromatic heterocycles. The number of primary amides is 1. The number of halogens is 3. The Morgan fingerprint density at radius 3 is 2.51 bits per heavy atom. The lowest BCUT2D eigenvalue weighted by Gasteiger charge is -2.26. The molecule has 1 fully saturated rings. The molecule has 4 rings (SSSR count). The largest absolute Gasteiger partial charge is 0.384 e. The zero-order chi connectivity index (χ0) is 24.9. The maximum absolute atomic E-state index is 13.9. The second kappa shape index (κ2) is 10.4. The maximum Gasteiger partial charge on any atom is 0.252 e. The third-order valence-electron chi connectivity index (χ3n) is 5.64. The fraction of sp³-hybridized carbons (Fsp3) is 0.250. The number of nitrogens with zero attached hydrogens (tertiary/aromatic N) is 3. The van der Waals surface area contributed by atoms with E-state index in [0.717, 1.165) is 25.0 Å². The highest BCUT2D eigenvalue weighted by Gasteiger charge is 2.20. The number of rotatable bonds is 8. The molecule has 0 unspecified atom stereocenters. The van der Waals surface area contributed by atoms with Crippen molar-refractivity contribution in [3.63, 3.8) is 0 Å². The average Bonchev–Trinajstić information content (AvgIpc) is 2.84. The Morgan fingerprint density at radius 2 is 1.80 bits per heavy atom. The van der Waals surface area contributed by atoms with Crippen LogP contribution in [-0.2, 0) is 11.2 Å². The molecule has 0 radical (unpaired) electrons. The lowest BCUT2D eigenvalue weighted by molar-refractivity contribution is -0.119. The van der Waals surface area contributed by atoms with Gasteiger partial charge in [0, 0.05) is 37.3 Å². The number of hydrogen-bond donors (Lipinski definition) is 3. The number of carbonyl (C=O) groups is 2. The highest BCUT2D eigenvalue weighted by molar-refractivity contribution is 5.98. The lowest BCUT2D eigenvalue weighted by atomic mass is 10.1. The Morgan fingerprint density at radius 1 is 1.03 bits per heavy atom. The molecule has 35 heavy (non-hydrogen) atoms. The van der Waals surface area contributed by atoms with Crippen LogP contribution < -0.4 is 21.3 Å². The number of anilines is 4. The van der Waals surface area contributed by atoms with E-state index in [0.29, 0.717) is 30.3 Å². The van der Waals surface area contributed by atoms with Crippen molar-refractivity contribution in [2.45, 2.75) is 25.7 Å². The molecular formula is C24H23F3N6O2. The van der Waals surface area contributed by atoms with Gasteiger partial charge in [-0.05, 0) is 43.5 Å². The number of amides is 2. The van der Waals surface area contributed by atoms with Crippen molar-refractivity contribution in [1.29, 1.82) is 0 Å². The van der Waals surface area contributed by atoms with Crippen molar-refractivity contribution in [2.24, 2.45) is 5.73 Å². The second-order valence-corrected chi connectivity index (χ2v) is 8.01. The van der Waals surface area contributed by atoms with Crippen molar-refractivity contribution in [3.05, 3.63) is 71.3 Å². The molecule has 8 nitrogen and oxygen atoms in total. The van der Waals surface area contributed by atoms with Crippen molar-refractivity contribution >= 4 is 34.8 Å². The van der Waals surface area contributed by atoms with Gasteiger partial charge in [0.2, 0.25) is 5.91 Å². The van der Waals surface area contributed by atoms with Crippen LogP contribution in [0.3, 0.4) is 0 Å². The van der Waals surface area contributed by atoms with Crippen molar-refractivity contribution < 1.29 is 22.8 Å². The molecule has 1 saturated heterocycles. The van der Waals surface area contributed by atoms with Crippen LogP contribution >= 0.6 is 0 Å². The van der Waals surface area contributed by atoms with Gasteiger partial charge in [-0.1, -0.05) is 0 Å². The van der Waals surface area contributed by atoms with E-state index in [1.807, 2.05) is 0 Å². The summed E-state index contributed by atoms with van der Waals surface area (Å²) in [6.45, 7) is 0.652. The van der Waals surface area contributed by atoms with E-state index in [2.05, 4.69) is 20.6 Å². The maximum atomic E-state index is 13.9. The van der Waals surface area contributed by atoms with Crippen LogP contribution in [-0.4, -0.2) is 34.9 Å². The summed E-state index contributed by atoms with van der Waals surface area (Å²) in [5.41, 5.74) is 6.07. The Labute approximate surface area is 199 Å². The Kier molecular flexibility index (Phi) is 7.14. The van der Waals surface area contributed by atoms with Crippen LogP contribution in [0, 0.1) is 17.5 Å². The smallest absolute Gasteiger partial charge is 0.252 e. The zero-order valence-electron chi connectivity index (χ0n) is 18.7. The molecule has 3 aromatic rings. The molecule has 2 amide bonds. The molecule has 0 atom stereocenters. The molecule has 4 N–H and O–H groups in total. The summed E-state index contributed by atoms with van der Waals surface area (Å²) in [7, 11) is 0. The summed E-state index contributed by atoms with van der Waals surface area (Å²) >= 11 is 0. The molecule has 1 aliphatic rings. The molecule has 1 aromatic carbocycles. The first-order valence-electron chi connectivity index (χ1n) is 11.0. The van der Waals surface area contributed by atoms with Crippen LogP contribution in [0.2, 0.25) is 0 Å². The van der Waals surface area contributed by atoms with Crippen LogP contribution in [0.15, 0.2) is 42.7 Å². The fourth-order valence-electron chi connectivity index (χ4n) is 3.82. The van der Waals surface area contributed by atoms with Gasteiger partial charge in [0.1, 0.15) is 17.5 Å². The van der Waals surface area contributed by atoms with Crippen LogP contribution in [0.4, 0.5) is 36.2 Å². The van der Waals surface area contributed by atoms with Crippen molar-refractivity contribution in [2.75, 3.05) is 28.6 Å². The average molecular weight is 484 g/mol. The van der Waals surface area contributed by atoms with Gasteiger partial charge in [-0.2, -0.15) is 0 Å². The van der Waals surface area contributed by atoms with E-state index in [9.17, 15) is 22.8 Å². The highest BCUT2D eigenvalue weighted by atomic mass is 19.2. The predicted molar refractivity (Wildman–Crippen MR) is 125 cm³/mol. The summed E-state index contributed by atoms with van der Waals surface area (Å²) in [6, 6.07) is 6.55. The normalized spacial score (nSPS) is 13.6. The molecule has 3 heterocycles. The van der Waals surface area contributed by atoms with Gasteiger partial charge in [0.15, 0.2) is 11.6 Å². The first kappa shape index (κ1) is 24.0. The van der Waals surface area contributed by atoms with Gasteiger partial charge in [-0.15, -0.1) is 0 Å². The van der Waals surface area contributed by atoms with Gasteiger partial charge < -0.3 is 21.3 Å². The first-order chi connectivity index (χ1) is 16.8. The summed E-state index contributed by atoms with van der Waals surface area (Å²) in [4.78, 5) is 34.1. The van der Waals surface area contributed by atoms with Crippen molar-refractivity contribution in [1.82, 2.24) is 9.97 Å². The van der Waals surface area contributed by atoms with Crippen LogP contribution in [0.5, 0.6) is 0 Å². The van der Waals surface area contributed by atoms with Crippen LogP contribution in [0.25, 0.3) is 0 Å². The number of benzene rings is 1. The van der Waals surface area contributed by atoms with Gasteiger partial charge in [-0.3, -0.25) is 9.59 Å². The standard InChI is InChI=1S/C24H23F3N6O2/c25-17-5-6-18(26)23(27)15(17)8-9-29-19-11-21(31-13-16(19)24(28)35)32-20-7-4-14(12-30-20)33-10-2-1-3-22(33)34/h4-7,11-13H,1-3,8-10H2,(H2,28,35)(H2,29,30,31,32). The fourth-order valence-corrected chi connectivity index (χ4v) is 3.82. The number of piperidine rings is 1. The molecule has 0 spiro atoms. The summed E-state index contributed by atoms with van der Waals surface area (Å²) < 4.78 is 41.2. The van der Waals surface area contributed by atoms with E-state index >= 15 is 0 Å². The van der Waals surface area contributed by atoms with E-state index in [4.69, 9.17) is 5.73 Å². The Balaban J connectivity index is 1.46.